The molecular weight excluding hydrogens is 457 g/mol. The lowest BCUT2D eigenvalue weighted by atomic mass is 10.2. The molecule has 0 saturated carbocycles. The van der Waals surface area contributed by atoms with E-state index in [-0.39, 0.29) is 29.8 Å². The number of halogens is 1. The third-order valence-corrected chi connectivity index (χ3v) is 5.10. The first-order valence-corrected chi connectivity index (χ1v) is 9.81. The van der Waals surface area contributed by atoms with Gasteiger partial charge in [0.1, 0.15) is 0 Å². The van der Waals surface area contributed by atoms with Crippen LogP contribution in [0, 0.1) is 3.57 Å². The molecule has 0 aromatic heterocycles. The van der Waals surface area contributed by atoms with Gasteiger partial charge in [0.05, 0.1) is 17.0 Å². The van der Waals surface area contributed by atoms with Crippen molar-refractivity contribution in [2.45, 2.75) is 11.4 Å². The smallest absolute Gasteiger partial charge is 0.252 e. The molecule has 0 saturated heterocycles. The van der Waals surface area contributed by atoms with Gasteiger partial charge in [0.25, 0.3) is 5.91 Å². The van der Waals surface area contributed by atoms with Crippen molar-refractivity contribution in [3.05, 3.63) is 63.2 Å². The highest BCUT2D eigenvalue weighted by molar-refractivity contribution is 14.1. The Labute approximate surface area is 159 Å². The first-order chi connectivity index (χ1) is 11.8. The van der Waals surface area contributed by atoms with E-state index < -0.39 is 10.0 Å². The molecule has 0 atom stereocenters. The van der Waals surface area contributed by atoms with Gasteiger partial charge in [-0.2, -0.15) is 0 Å². The zero-order valence-electron chi connectivity index (χ0n) is 13.0. The topological polar surface area (TPSA) is 118 Å². The van der Waals surface area contributed by atoms with Gasteiger partial charge >= 0.3 is 0 Å². The van der Waals surface area contributed by atoms with Crippen molar-refractivity contribution >= 4 is 44.4 Å². The fourth-order valence-corrected chi connectivity index (χ4v) is 3.21. The third-order valence-electron chi connectivity index (χ3n) is 3.24. The highest BCUT2D eigenvalue weighted by Gasteiger charge is 2.11. The van der Waals surface area contributed by atoms with E-state index in [2.05, 4.69) is 10.6 Å². The fourth-order valence-electron chi connectivity index (χ4n) is 2.00. The molecule has 0 radical (unpaired) electrons. The summed E-state index contributed by atoms with van der Waals surface area (Å²) in [5, 5.41) is 10.2. The zero-order valence-corrected chi connectivity index (χ0v) is 16.0. The Morgan fingerprint density at radius 3 is 2.44 bits per heavy atom. The number of sulfonamides is 1. The van der Waals surface area contributed by atoms with Crippen LogP contribution in [0.15, 0.2) is 53.4 Å². The molecule has 2 aromatic carbocycles. The van der Waals surface area contributed by atoms with Crippen molar-refractivity contribution in [2.75, 3.05) is 6.54 Å². The van der Waals surface area contributed by atoms with E-state index in [1.54, 1.807) is 30.3 Å². The molecule has 4 N–H and O–H groups in total. The maximum absolute atomic E-state index is 12.0. The average Bonchev–Trinajstić information content (AvgIpc) is 2.58. The third kappa shape index (κ3) is 5.80. The fraction of sp³-hybridized carbons (Fsp3) is 0.125. The molecule has 7 nitrogen and oxygen atoms in total. The van der Waals surface area contributed by atoms with Crippen LogP contribution < -0.4 is 15.8 Å². The Kier molecular flexibility index (Phi) is 6.51. The summed E-state index contributed by atoms with van der Waals surface area (Å²) in [5.74, 6) is -0.725. The molecule has 9 heteroatoms. The van der Waals surface area contributed by atoms with Crippen LogP contribution in [0.25, 0.3) is 0 Å². The van der Waals surface area contributed by atoms with Crippen LogP contribution in [0.3, 0.4) is 0 Å². The van der Waals surface area contributed by atoms with Crippen molar-refractivity contribution in [3.63, 3.8) is 0 Å². The van der Waals surface area contributed by atoms with Gasteiger partial charge in [0.15, 0.2) is 0 Å². The van der Waals surface area contributed by atoms with Gasteiger partial charge in [-0.05, 0) is 52.4 Å². The molecule has 0 bridgehead atoms. The lowest BCUT2D eigenvalue weighted by molar-refractivity contribution is -0.120. The normalized spacial score (nSPS) is 11.0. The van der Waals surface area contributed by atoms with Gasteiger partial charge in [-0.15, -0.1) is 0 Å². The molecule has 2 aromatic rings. The molecule has 0 aliphatic heterocycles. The van der Waals surface area contributed by atoms with Crippen molar-refractivity contribution in [1.82, 2.24) is 10.6 Å². The molecule has 132 valence electrons. The number of benzene rings is 2. The first kappa shape index (κ1) is 19.3. The van der Waals surface area contributed by atoms with Gasteiger partial charge in [-0.3, -0.25) is 9.59 Å². The summed E-state index contributed by atoms with van der Waals surface area (Å²) in [5.41, 5.74) is 1.08. The minimum atomic E-state index is -3.79. The van der Waals surface area contributed by atoms with Crippen molar-refractivity contribution in [2.24, 2.45) is 5.14 Å². The van der Waals surface area contributed by atoms with Crippen molar-refractivity contribution in [3.8, 4) is 0 Å². The van der Waals surface area contributed by atoms with Gasteiger partial charge < -0.3 is 10.6 Å². The number of hydrogen-bond donors (Lipinski definition) is 3. The number of nitrogens with two attached hydrogens (primary N) is 1. The molecule has 0 aliphatic rings. The second-order valence-electron chi connectivity index (χ2n) is 5.13. The molecular formula is C16H16IN3O4S. The van der Waals surface area contributed by atoms with E-state index in [1.807, 2.05) is 28.7 Å². The predicted molar refractivity (Wildman–Crippen MR) is 101 cm³/mol. The number of rotatable bonds is 6. The first-order valence-electron chi connectivity index (χ1n) is 7.18. The van der Waals surface area contributed by atoms with Crippen LogP contribution in [0.5, 0.6) is 0 Å². The quantitative estimate of drug-likeness (QED) is 0.543. The highest BCUT2D eigenvalue weighted by atomic mass is 127. The Bertz CT molecular complexity index is 900. The molecule has 0 aliphatic carbocycles. The van der Waals surface area contributed by atoms with Crippen LogP contribution in [-0.2, 0) is 21.4 Å². The summed E-state index contributed by atoms with van der Waals surface area (Å²) in [6.07, 6.45) is 0. The Balaban J connectivity index is 1.87. The molecule has 2 amide bonds. The van der Waals surface area contributed by atoms with Gasteiger partial charge in [-0.1, -0.05) is 24.3 Å². The number of nitrogens with one attached hydrogen (secondary N) is 2. The molecule has 0 fully saturated rings. The van der Waals surface area contributed by atoms with Crippen molar-refractivity contribution < 1.29 is 18.0 Å². The number of hydrogen-bond acceptors (Lipinski definition) is 4. The second-order valence-corrected chi connectivity index (χ2v) is 7.86. The minimum absolute atomic E-state index is 0.0220. The Morgan fingerprint density at radius 1 is 1.04 bits per heavy atom. The molecule has 0 unspecified atom stereocenters. The van der Waals surface area contributed by atoms with Gasteiger partial charge in [0, 0.05) is 10.1 Å². The monoisotopic (exact) mass is 473 g/mol. The summed E-state index contributed by atoms with van der Waals surface area (Å²) in [6, 6.07) is 13.0. The lowest BCUT2D eigenvalue weighted by Crippen LogP contribution is -2.36. The predicted octanol–water partition coefficient (Wildman–Crippen LogP) is 0.985. The van der Waals surface area contributed by atoms with Crippen LogP contribution in [0.2, 0.25) is 0 Å². The van der Waals surface area contributed by atoms with E-state index in [1.165, 1.54) is 12.1 Å². The SMILES string of the molecule is NS(=O)(=O)c1cccc(CNC(=O)CNC(=O)c2ccccc2I)c1. The lowest BCUT2D eigenvalue weighted by Gasteiger charge is -2.09. The number of amides is 2. The Morgan fingerprint density at radius 2 is 1.76 bits per heavy atom. The van der Waals surface area contributed by atoms with Gasteiger partial charge in [-0.25, -0.2) is 13.6 Å². The van der Waals surface area contributed by atoms with Crippen molar-refractivity contribution in [1.29, 1.82) is 0 Å². The summed E-state index contributed by atoms with van der Waals surface area (Å²) >= 11 is 2.05. The Hall–Kier alpha value is -1.98. The zero-order chi connectivity index (χ0) is 18.4. The molecule has 2 rings (SSSR count). The van der Waals surface area contributed by atoms with Crippen LogP contribution in [-0.4, -0.2) is 26.8 Å². The van der Waals surface area contributed by atoms with E-state index in [0.717, 1.165) is 3.57 Å². The summed E-state index contributed by atoms with van der Waals surface area (Å²) < 4.78 is 23.4. The number of carbonyl (C=O) groups excluding carboxylic acids is 2. The summed E-state index contributed by atoms with van der Waals surface area (Å²) in [6.45, 7) is -0.0559. The highest BCUT2D eigenvalue weighted by Crippen LogP contribution is 2.11. The largest absolute Gasteiger partial charge is 0.350 e. The standard InChI is InChI=1S/C16H16IN3O4S/c17-14-7-2-1-6-13(14)16(22)20-10-15(21)19-9-11-4-3-5-12(8-11)25(18,23)24/h1-8H,9-10H2,(H,19,21)(H,20,22)(H2,18,23,24). The summed E-state index contributed by atoms with van der Waals surface area (Å²) in [7, 11) is -3.79. The van der Waals surface area contributed by atoms with Crippen LogP contribution in [0.1, 0.15) is 15.9 Å². The van der Waals surface area contributed by atoms with E-state index in [9.17, 15) is 18.0 Å². The van der Waals surface area contributed by atoms with Crippen LogP contribution in [0.4, 0.5) is 0 Å². The number of primary sulfonamides is 1. The number of carbonyl (C=O) groups is 2. The summed E-state index contributed by atoms with van der Waals surface area (Å²) in [4.78, 5) is 23.8. The maximum atomic E-state index is 12.0. The average molecular weight is 473 g/mol. The van der Waals surface area contributed by atoms with E-state index >= 15 is 0 Å². The van der Waals surface area contributed by atoms with E-state index in [0.29, 0.717) is 11.1 Å². The molecule has 25 heavy (non-hydrogen) atoms. The van der Waals surface area contributed by atoms with Crippen LogP contribution >= 0.6 is 22.6 Å². The maximum Gasteiger partial charge on any atom is 0.252 e. The second kappa shape index (κ2) is 8.41. The molecule has 0 spiro atoms. The minimum Gasteiger partial charge on any atom is -0.350 e. The van der Waals surface area contributed by atoms with Gasteiger partial charge in [0.2, 0.25) is 15.9 Å². The molecule has 0 heterocycles. The van der Waals surface area contributed by atoms with E-state index in [4.69, 9.17) is 5.14 Å².